The summed E-state index contributed by atoms with van der Waals surface area (Å²) in [6.07, 6.45) is 1.05. The molecule has 8 heteroatoms. The summed E-state index contributed by atoms with van der Waals surface area (Å²) in [5.74, 6) is -0.405. The maximum atomic E-state index is 12.4. The zero-order valence-electron chi connectivity index (χ0n) is 12.8. The molecule has 3 rings (SSSR count). The Labute approximate surface area is 148 Å². The van der Waals surface area contributed by atoms with Gasteiger partial charge in [0.2, 0.25) is 0 Å². The number of nitrogens with one attached hydrogen (secondary N) is 1. The Morgan fingerprint density at radius 2 is 1.96 bits per heavy atom. The maximum Gasteiger partial charge on any atom is 0.255 e. The molecule has 24 heavy (non-hydrogen) atoms. The molecule has 0 aliphatic rings. The predicted molar refractivity (Wildman–Crippen MR) is 96.9 cm³/mol. The van der Waals surface area contributed by atoms with Crippen LogP contribution >= 0.6 is 22.9 Å². The van der Waals surface area contributed by atoms with E-state index in [2.05, 4.69) is 10.3 Å². The van der Waals surface area contributed by atoms with Crippen molar-refractivity contribution < 1.29 is 13.2 Å². The number of carbonyl (C=O) groups is 1. The number of carbonyl (C=O) groups excluding carboxylic acids is 1. The standard InChI is InChI=1S/C16H13ClN2O3S2/c1-9-18-13-6-4-11(8-14(13)23-9)19-16(20)10-3-5-12(17)15(7-10)24(2,21)22/h3-8H,1-2H3,(H,19,20). The third kappa shape index (κ3) is 3.43. The third-order valence-corrected chi connectivity index (χ3v) is 5.86. The van der Waals surface area contributed by atoms with E-state index in [-0.39, 0.29) is 15.5 Å². The summed E-state index contributed by atoms with van der Waals surface area (Å²) >= 11 is 7.43. The van der Waals surface area contributed by atoms with Crippen LogP contribution in [0.2, 0.25) is 5.02 Å². The number of sulfone groups is 1. The van der Waals surface area contributed by atoms with Crippen molar-refractivity contribution in [2.24, 2.45) is 0 Å². The average molecular weight is 381 g/mol. The Morgan fingerprint density at radius 3 is 2.67 bits per heavy atom. The SMILES string of the molecule is Cc1nc2ccc(NC(=O)c3ccc(Cl)c(S(C)(=O)=O)c3)cc2s1. The van der Waals surface area contributed by atoms with E-state index in [0.29, 0.717) is 5.69 Å². The first-order valence-electron chi connectivity index (χ1n) is 6.92. The van der Waals surface area contributed by atoms with Gasteiger partial charge in [0.25, 0.3) is 5.91 Å². The quantitative estimate of drug-likeness (QED) is 0.747. The summed E-state index contributed by atoms with van der Waals surface area (Å²) in [7, 11) is -3.51. The van der Waals surface area contributed by atoms with Crippen LogP contribution in [0.3, 0.4) is 0 Å². The minimum atomic E-state index is -3.51. The van der Waals surface area contributed by atoms with Gasteiger partial charge in [-0.3, -0.25) is 4.79 Å². The van der Waals surface area contributed by atoms with Crippen molar-refractivity contribution in [2.45, 2.75) is 11.8 Å². The molecule has 0 aliphatic carbocycles. The largest absolute Gasteiger partial charge is 0.322 e. The van der Waals surface area contributed by atoms with E-state index in [1.807, 2.05) is 19.1 Å². The number of hydrogen-bond donors (Lipinski definition) is 1. The minimum Gasteiger partial charge on any atom is -0.322 e. The van der Waals surface area contributed by atoms with Gasteiger partial charge in [0.05, 0.1) is 25.1 Å². The Balaban J connectivity index is 1.91. The Bertz CT molecular complexity index is 1060. The molecule has 0 unspecified atom stereocenters. The van der Waals surface area contributed by atoms with Crippen LogP contribution in [0.25, 0.3) is 10.2 Å². The topological polar surface area (TPSA) is 76.1 Å². The molecule has 1 heterocycles. The van der Waals surface area contributed by atoms with Gasteiger partial charge in [-0.25, -0.2) is 13.4 Å². The van der Waals surface area contributed by atoms with E-state index < -0.39 is 15.7 Å². The summed E-state index contributed by atoms with van der Waals surface area (Å²) in [5, 5.41) is 3.80. The second-order valence-corrected chi connectivity index (χ2v) is 8.91. The molecule has 2 aromatic carbocycles. The number of benzene rings is 2. The summed E-state index contributed by atoms with van der Waals surface area (Å²) in [6.45, 7) is 1.92. The molecule has 3 aromatic rings. The second-order valence-electron chi connectivity index (χ2n) is 5.29. The first kappa shape index (κ1) is 16.9. The van der Waals surface area contributed by atoms with Crippen LogP contribution in [0.4, 0.5) is 5.69 Å². The average Bonchev–Trinajstić information content (AvgIpc) is 2.85. The number of hydrogen-bond acceptors (Lipinski definition) is 5. The van der Waals surface area contributed by atoms with Gasteiger partial charge in [-0.2, -0.15) is 0 Å². The fourth-order valence-electron chi connectivity index (χ4n) is 2.25. The van der Waals surface area contributed by atoms with Crippen molar-refractivity contribution in [1.82, 2.24) is 4.98 Å². The predicted octanol–water partition coefficient (Wildman–Crippen LogP) is 3.91. The molecule has 0 fully saturated rings. The summed E-state index contributed by atoms with van der Waals surface area (Å²) in [6, 6.07) is 9.60. The molecule has 0 saturated carbocycles. The molecular formula is C16H13ClN2O3S2. The lowest BCUT2D eigenvalue weighted by Crippen LogP contribution is -2.12. The van der Waals surface area contributed by atoms with Crippen LogP contribution in [0.15, 0.2) is 41.3 Å². The van der Waals surface area contributed by atoms with Gasteiger partial charge >= 0.3 is 0 Å². The van der Waals surface area contributed by atoms with Crippen LogP contribution in [0.5, 0.6) is 0 Å². The smallest absolute Gasteiger partial charge is 0.255 e. The molecule has 0 atom stereocenters. The number of anilines is 1. The summed E-state index contributed by atoms with van der Waals surface area (Å²) in [5.41, 5.74) is 1.72. The van der Waals surface area contributed by atoms with Crippen LogP contribution in [0, 0.1) is 6.92 Å². The third-order valence-electron chi connectivity index (χ3n) is 3.35. The Morgan fingerprint density at radius 1 is 1.21 bits per heavy atom. The van der Waals surface area contributed by atoms with Gasteiger partial charge in [0.1, 0.15) is 0 Å². The van der Waals surface area contributed by atoms with Crippen molar-refractivity contribution in [2.75, 3.05) is 11.6 Å². The second kappa shape index (κ2) is 6.16. The molecule has 0 spiro atoms. The molecule has 1 aromatic heterocycles. The highest BCUT2D eigenvalue weighted by Gasteiger charge is 2.16. The summed E-state index contributed by atoms with van der Waals surface area (Å²) in [4.78, 5) is 16.7. The molecule has 0 saturated heterocycles. The lowest BCUT2D eigenvalue weighted by Gasteiger charge is -2.08. The van der Waals surface area contributed by atoms with Crippen LogP contribution < -0.4 is 5.32 Å². The zero-order valence-corrected chi connectivity index (χ0v) is 15.2. The number of thiazole rings is 1. The van der Waals surface area contributed by atoms with Crippen molar-refractivity contribution in [3.05, 3.63) is 52.0 Å². The van der Waals surface area contributed by atoms with E-state index in [4.69, 9.17) is 11.6 Å². The first-order valence-corrected chi connectivity index (χ1v) is 10.0. The van der Waals surface area contributed by atoms with Gasteiger partial charge < -0.3 is 5.32 Å². The first-order chi connectivity index (χ1) is 11.2. The van der Waals surface area contributed by atoms with E-state index in [1.165, 1.54) is 29.5 Å². The monoisotopic (exact) mass is 380 g/mol. The van der Waals surface area contributed by atoms with Gasteiger partial charge in [-0.05, 0) is 43.3 Å². The molecule has 0 aliphatic heterocycles. The fraction of sp³-hybridized carbons (Fsp3) is 0.125. The molecule has 1 N–H and O–H groups in total. The Hall–Kier alpha value is -1.96. The molecule has 0 bridgehead atoms. The highest BCUT2D eigenvalue weighted by Crippen LogP contribution is 2.26. The number of halogens is 1. The van der Waals surface area contributed by atoms with Gasteiger partial charge in [0.15, 0.2) is 9.84 Å². The van der Waals surface area contributed by atoms with Gasteiger partial charge in [-0.15, -0.1) is 11.3 Å². The highest BCUT2D eigenvalue weighted by atomic mass is 35.5. The van der Waals surface area contributed by atoms with Gasteiger partial charge in [-0.1, -0.05) is 11.6 Å². The van der Waals surface area contributed by atoms with Crippen LogP contribution in [-0.4, -0.2) is 25.6 Å². The Kier molecular flexibility index (Phi) is 4.33. The number of amides is 1. The number of rotatable bonds is 3. The molecule has 1 amide bonds. The van der Waals surface area contributed by atoms with E-state index in [1.54, 1.807) is 6.07 Å². The number of aromatic nitrogens is 1. The van der Waals surface area contributed by atoms with Crippen molar-refractivity contribution in [3.63, 3.8) is 0 Å². The number of aryl methyl sites for hydroxylation is 1. The lowest BCUT2D eigenvalue weighted by atomic mass is 10.2. The number of nitrogens with zero attached hydrogens (tertiary/aromatic N) is 1. The normalized spacial score (nSPS) is 11.6. The maximum absolute atomic E-state index is 12.4. The van der Waals surface area contributed by atoms with Crippen LogP contribution in [-0.2, 0) is 9.84 Å². The van der Waals surface area contributed by atoms with Crippen molar-refractivity contribution in [3.8, 4) is 0 Å². The molecule has 5 nitrogen and oxygen atoms in total. The highest BCUT2D eigenvalue weighted by molar-refractivity contribution is 7.90. The molecule has 124 valence electrons. The van der Waals surface area contributed by atoms with E-state index in [9.17, 15) is 13.2 Å². The molecule has 0 radical (unpaired) electrons. The van der Waals surface area contributed by atoms with Crippen LogP contribution in [0.1, 0.15) is 15.4 Å². The zero-order chi connectivity index (χ0) is 17.5. The number of fused-ring (bicyclic) bond motifs is 1. The lowest BCUT2D eigenvalue weighted by molar-refractivity contribution is 0.102. The van der Waals surface area contributed by atoms with E-state index >= 15 is 0 Å². The summed E-state index contributed by atoms with van der Waals surface area (Å²) < 4.78 is 24.4. The molecular weight excluding hydrogens is 368 g/mol. The minimum absolute atomic E-state index is 0.0645. The van der Waals surface area contributed by atoms with Crippen molar-refractivity contribution in [1.29, 1.82) is 0 Å². The van der Waals surface area contributed by atoms with Gasteiger partial charge in [0, 0.05) is 17.5 Å². The van der Waals surface area contributed by atoms with Crippen molar-refractivity contribution >= 4 is 54.6 Å². The van der Waals surface area contributed by atoms with E-state index in [0.717, 1.165) is 21.5 Å². The fourth-order valence-corrected chi connectivity index (χ4v) is 4.42.